The second-order valence-corrected chi connectivity index (χ2v) is 7.57. The van der Waals surface area contributed by atoms with Crippen LogP contribution in [-0.4, -0.2) is 29.2 Å². The summed E-state index contributed by atoms with van der Waals surface area (Å²) >= 11 is 1.40. The third-order valence-electron chi connectivity index (χ3n) is 4.74. The zero-order chi connectivity index (χ0) is 21.8. The van der Waals surface area contributed by atoms with E-state index in [0.29, 0.717) is 28.3 Å². The Morgan fingerprint density at radius 3 is 2.68 bits per heavy atom. The molecule has 0 aliphatic heterocycles. The van der Waals surface area contributed by atoms with E-state index in [2.05, 4.69) is 10.3 Å². The lowest BCUT2D eigenvalue weighted by Crippen LogP contribution is -2.28. The van der Waals surface area contributed by atoms with Gasteiger partial charge < -0.3 is 14.8 Å². The van der Waals surface area contributed by atoms with Crippen LogP contribution in [0, 0.1) is 0 Å². The molecule has 0 radical (unpaired) electrons. The average Bonchev–Trinajstić information content (AvgIpc) is 3.22. The zero-order valence-corrected chi connectivity index (χ0v) is 17.9. The second-order valence-electron chi connectivity index (χ2n) is 6.71. The average molecular weight is 436 g/mol. The molecule has 2 aromatic heterocycles. The molecule has 158 valence electrons. The predicted octanol–water partition coefficient (Wildman–Crippen LogP) is 4.17. The number of aromatic nitrogens is 2. The Balaban J connectivity index is 1.62. The minimum atomic E-state index is -0.336. The summed E-state index contributed by atoms with van der Waals surface area (Å²) in [6.07, 6.45) is 1.41. The van der Waals surface area contributed by atoms with Crippen molar-refractivity contribution < 1.29 is 14.3 Å². The number of para-hydroxylation sites is 2. The van der Waals surface area contributed by atoms with Crippen LogP contribution in [0.2, 0.25) is 0 Å². The van der Waals surface area contributed by atoms with Crippen molar-refractivity contribution in [2.75, 3.05) is 19.0 Å². The molecule has 2 aromatic carbocycles. The van der Waals surface area contributed by atoms with Gasteiger partial charge in [0.2, 0.25) is 5.91 Å². The maximum absolute atomic E-state index is 13.2. The molecule has 0 aliphatic carbocycles. The molecular formula is C23H21N3O4S. The maximum atomic E-state index is 13.2. The van der Waals surface area contributed by atoms with E-state index in [0.717, 1.165) is 16.9 Å². The monoisotopic (exact) mass is 435 g/mol. The van der Waals surface area contributed by atoms with Crippen LogP contribution in [0.15, 0.2) is 65.0 Å². The van der Waals surface area contributed by atoms with Gasteiger partial charge in [0.15, 0.2) is 0 Å². The number of carbonyl (C=O) groups is 1. The zero-order valence-electron chi connectivity index (χ0n) is 17.1. The third kappa shape index (κ3) is 4.29. The number of carbonyl (C=O) groups excluding carboxylic acids is 1. The van der Waals surface area contributed by atoms with Gasteiger partial charge in [0.05, 0.1) is 31.1 Å². The summed E-state index contributed by atoms with van der Waals surface area (Å²) in [7, 11) is 1.61. The van der Waals surface area contributed by atoms with E-state index in [4.69, 9.17) is 9.47 Å². The smallest absolute Gasteiger partial charge is 0.263 e. The number of methoxy groups -OCH3 is 1. The Bertz CT molecular complexity index is 1280. The number of hydrogen-bond donors (Lipinski definition) is 1. The molecule has 0 aliphatic rings. The normalized spacial score (nSPS) is 10.8. The molecule has 0 saturated carbocycles. The molecule has 1 N–H and O–H groups in total. The van der Waals surface area contributed by atoms with E-state index < -0.39 is 0 Å². The summed E-state index contributed by atoms with van der Waals surface area (Å²) in [6, 6.07) is 14.7. The van der Waals surface area contributed by atoms with Gasteiger partial charge in [-0.2, -0.15) is 0 Å². The van der Waals surface area contributed by atoms with Crippen molar-refractivity contribution in [3.8, 4) is 22.6 Å². The van der Waals surface area contributed by atoms with Gasteiger partial charge >= 0.3 is 0 Å². The van der Waals surface area contributed by atoms with Crippen LogP contribution in [0.5, 0.6) is 11.5 Å². The van der Waals surface area contributed by atoms with Gasteiger partial charge in [0, 0.05) is 10.9 Å². The Morgan fingerprint density at radius 1 is 1.16 bits per heavy atom. The summed E-state index contributed by atoms with van der Waals surface area (Å²) in [5.41, 5.74) is 1.98. The fourth-order valence-corrected chi connectivity index (χ4v) is 4.17. The van der Waals surface area contributed by atoms with Crippen molar-refractivity contribution in [1.29, 1.82) is 0 Å². The number of fused-ring (bicyclic) bond motifs is 1. The quantitative estimate of drug-likeness (QED) is 0.471. The minimum absolute atomic E-state index is 0.153. The first kappa shape index (κ1) is 20.6. The van der Waals surface area contributed by atoms with Gasteiger partial charge in [-0.25, -0.2) is 4.98 Å². The van der Waals surface area contributed by atoms with Gasteiger partial charge in [-0.15, -0.1) is 11.3 Å². The van der Waals surface area contributed by atoms with Gasteiger partial charge in [-0.05, 0) is 36.8 Å². The van der Waals surface area contributed by atoms with Crippen molar-refractivity contribution in [2.24, 2.45) is 0 Å². The Morgan fingerprint density at radius 2 is 1.94 bits per heavy atom. The highest BCUT2D eigenvalue weighted by molar-refractivity contribution is 7.17. The highest BCUT2D eigenvalue weighted by Gasteiger charge is 2.15. The van der Waals surface area contributed by atoms with E-state index in [9.17, 15) is 9.59 Å². The lowest BCUT2D eigenvalue weighted by molar-refractivity contribution is -0.116. The molecule has 0 unspecified atom stereocenters. The van der Waals surface area contributed by atoms with Crippen LogP contribution in [0.25, 0.3) is 21.3 Å². The van der Waals surface area contributed by atoms with Crippen molar-refractivity contribution in [2.45, 2.75) is 13.5 Å². The summed E-state index contributed by atoms with van der Waals surface area (Å²) in [6.45, 7) is 2.21. The first-order valence-electron chi connectivity index (χ1n) is 9.73. The van der Waals surface area contributed by atoms with Crippen LogP contribution in [0.4, 0.5) is 5.69 Å². The molecule has 7 nitrogen and oxygen atoms in total. The standard InChI is InChI=1S/C23H21N3O4S/c1-3-30-19-7-5-4-6-18(19)25-20(27)12-26-14-24-22-21(23(26)28)17(13-31-22)15-8-10-16(29-2)11-9-15/h4-11,13-14H,3,12H2,1-2H3,(H,25,27). The SMILES string of the molecule is CCOc1ccccc1NC(=O)Cn1cnc2scc(-c3ccc(OC)cc3)c2c1=O. The molecule has 8 heteroatoms. The lowest BCUT2D eigenvalue weighted by Gasteiger charge is -2.12. The molecule has 0 spiro atoms. The van der Waals surface area contributed by atoms with E-state index in [1.165, 1.54) is 22.2 Å². The molecule has 0 fully saturated rings. The molecule has 2 heterocycles. The second kappa shape index (κ2) is 9.01. The van der Waals surface area contributed by atoms with Crippen molar-refractivity contribution in [3.05, 3.63) is 70.6 Å². The van der Waals surface area contributed by atoms with Crippen LogP contribution >= 0.6 is 11.3 Å². The number of thiophene rings is 1. The molecule has 31 heavy (non-hydrogen) atoms. The fourth-order valence-electron chi connectivity index (χ4n) is 3.26. The number of anilines is 1. The number of hydrogen-bond acceptors (Lipinski definition) is 6. The first-order chi connectivity index (χ1) is 15.1. The molecular weight excluding hydrogens is 414 g/mol. The Labute approximate surface area is 182 Å². The van der Waals surface area contributed by atoms with E-state index in [1.54, 1.807) is 19.2 Å². The van der Waals surface area contributed by atoms with E-state index in [-0.39, 0.29) is 18.0 Å². The third-order valence-corrected chi connectivity index (χ3v) is 5.62. The topological polar surface area (TPSA) is 82.4 Å². The summed E-state index contributed by atoms with van der Waals surface area (Å²) in [4.78, 5) is 30.8. The number of benzene rings is 2. The molecule has 4 aromatic rings. The maximum Gasteiger partial charge on any atom is 0.263 e. The highest BCUT2D eigenvalue weighted by atomic mass is 32.1. The van der Waals surface area contributed by atoms with Crippen LogP contribution in [0.1, 0.15) is 6.92 Å². The van der Waals surface area contributed by atoms with Crippen molar-refractivity contribution in [3.63, 3.8) is 0 Å². The first-order valence-corrected chi connectivity index (χ1v) is 10.6. The molecule has 4 rings (SSSR count). The lowest BCUT2D eigenvalue weighted by atomic mass is 10.1. The Hall–Kier alpha value is -3.65. The van der Waals surface area contributed by atoms with Crippen LogP contribution in [0.3, 0.4) is 0 Å². The van der Waals surface area contributed by atoms with Gasteiger partial charge in [-0.1, -0.05) is 24.3 Å². The summed E-state index contributed by atoms with van der Waals surface area (Å²) in [5.74, 6) is 0.985. The number of rotatable bonds is 7. The Kier molecular flexibility index (Phi) is 5.99. The number of ether oxygens (including phenoxy) is 2. The number of nitrogens with one attached hydrogen (secondary N) is 1. The largest absolute Gasteiger partial charge is 0.497 e. The number of amides is 1. The number of nitrogens with zero attached hydrogens (tertiary/aromatic N) is 2. The predicted molar refractivity (Wildman–Crippen MR) is 122 cm³/mol. The molecule has 0 bridgehead atoms. The van der Waals surface area contributed by atoms with E-state index in [1.807, 2.05) is 48.7 Å². The molecule has 1 amide bonds. The fraction of sp³-hybridized carbons (Fsp3) is 0.174. The molecule has 0 saturated heterocycles. The summed E-state index contributed by atoms with van der Waals surface area (Å²) in [5, 5.41) is 5.22. The summed E-state index contributed by atoms with van der Waals surface area (Å²) < 4.78 is 12.1. The van der Waals surface area contributed by atoms with Crippen LogP contribution < -0.4 is 20.3 Å². The van der Waals surface area contributed by atoms with Crippen molar-refractivity contribution in [1.82, 2.24) is 9.55 Å². The van der Waals surface area contributed by atoms with Gasteiger partial charge in [0.1, 0.15) is 22.9 Å². The van der Waals surface area contributed by atoms with Crippen molar-refractivity contribution >= 4 is 33.1 Å². The minimum Gasteiger partial charge on any atom is -0.497 e. The molecule has 0 atom stereocenters. The van der Waals surface area contributed by atoms with E-state index >= 15 is 0 Å². The van der Waals surface area contributed by atoms with Gasteiger partial charge in [-0.3, -0.25) is 14.2 Å². The van der Waals surface area contributed by atoms with Crippen LogP contribution in [-0.2, 0) is 11.3 Å². The van der Waals surface area contributed by atoms with Gasteiger partial charge in [0.25, 0.3) is 5.56 Å². The highest BCUT2D eigenvalue weighted by Crippen LogP contribution is 2.31.